The van der Waals surface area contributed by atoms with Crippen LogP contribution >= 0.6 is 0 Å². The molecule has 1 aliphatic heterocycles. The molecule has 1 fully saturated rings. The first-order valence-corrected chi connectivity index (χ1v) is 4.13. The lowest BCUT2D eigenvalue weighted by molar-refractivity contribution is -0.122. The molecule has 0 radical (unpaired) electrons. The third-order valence-electron chi connectivity index (χ3n) is 2.07. The van der Waals surface area contributed by atoms with Crippen molar-refractivity contribution in [1.29, 1.82) is 0 Å². The van der Waals surface area contributed by atoms with E-state index in [9.17, 15) is 9.59 Å². The van der Waals surface area contributed by atoms with E-state index in [1.54, 1.807) is 13.8 Å². The number of hydrogen-bond acceptors (Lipinski definition) is 3. The molecule has 0 bridgehead atoms. The Balaban J connectivity index is 2.57. The first-order chi connectivity index (χ1) is 5.66. The van der Waals surface area contributed by atoms with Gasteiger partial charge in [-0.05, 0) is 6.92 Å². The Bertz CT molecular complexity index is 202. The number of ether oxygens (including phenoxy) is 1. The van der Waals surface area contributed by atoms with Gasteiger partial charge in [-0.1, -0.05) is 6.92 Å². The van der Waals surface area contributed by atoms with Crippen molar-refractivity contribution in [2.24, 2.45) is 0 Å². The lowest BCUT2D eigenvalue weighted by Gasteiger charge is -2.19. The standard InChI is InChI=1S/C8H13NO3/c1-3-7(10)6(2)9-4-5-12-8(9)11/h6H,3-5H2,1-2H3. The highest BCUT2D eigenvalue weighted by Gasteiger charge is 2.29. The summed E-state index contributed by atoms with van der Waals surface area (Å²) in [6.45, 7) is 4.46. The number of nitrogens with zero attached hydrogens (tertiary/aromatic N) is 1. The number of cyclic esters (lactones) is 1. The molecule has 0 aromatic rings. The van der Waals surface area contributed by atoms with Gasteiger partial charge in [-0.2, -0.15) is 0 Å². The Morgan fingerprint density at radius 1 is 1.75 bits per heavy atom. The van der Waals surface area contributed by atoms with Gasteiger partial charge in [-0.3, -0.25) is 9.69 Å². The van der Waals surface area contributed by atoms with Crippen LogP contribution in [-0.2, 0) is 9.53 Å². The smallest absolute Gasteiger partial charge is 0.410 e. The second-order valence-electron chi connectivity index (χ2n) is 2.80. The van der Waals surface area contributed by atoms with E-state index in [0.717, 1.165) is 0 Å². The molecule has 0 spiro atoms. The molecule has 12 heavy (non-hydrogen) atoms. The molecular weight excluding hydrogens is 158 g/mol. The van der Waals surface area contributed by atoms with Crippen LogP contribution < -0.4 is 0 Å². The number of rotatable bonds is 3. The molecule has 0 saturated carbocycles. The Hall–Kier alpha value is -1.06. The minimum atomic E-state index is -0.371. The van der Waals surface area contributed by atoms with E-state index < -0.39 is 0 Å². The largest absolute Gasteiger partial charge is 0.448 e. The summed E-state index contributed by atoms with van der Waals surface area (Å²) in [5.41, 5.74) is 0. The predicted molar refractivity (Wildman–Crippen MR) is 42.8 cm³/mol. The maximum atomic E-state index is 11.2. The molecule has 1 aliphatic rings. The second-order valence-corrected chi connectivity index (χ2v) is 2.80. The highest BCUT2D eigenvalue weighted by molar-refractivity contribution is 5.87. The fourth-order valence-electron chi connectivity index (χ4n) is 1.23. The van der Waals surface area contributed by atoms with E-state index in [2.05, 4.69) is 0 Å². The number of Topliss-reactive ketones (excluding diaryl/α,β-unsaturated/α-hetero) is 1. The minimum absolute atomic E-state index is 0.0776. The van der Waals surface area contributed by atoms with Crippen LogP contribution in [0.15, 0.2) is 0 Å². The molecule has 1 heterocycles. The molecule has 1 amide bonds. The van der Waals surface area contributed by atoms with Crippen molar-refractivity contribution in [3.8, 4) is 0 Å². The molecule has 1 unspecified atom stereocenters. The lowest BCUT2D eigenvalue weighted by atomic mass is 10.1. The monoisotopic (exact) mass is 171 g/mol. The van der Waals surface area contributed by atoms with Gasteiger partial charge in [0.15, 0.2) is 5.78 Å². The summed E-state index contributed by atoms with van der Waals surface area (Å²) in [7, 11) is 0. The highest BCUT2D eigenvalue weighted by atomic mass is 16.6. The van der Waals surface area contributed by atoms with Gasteiger partial charge in [0.05, 0.1) is 12.6 Å². The SMILES string of the molecule is CCC(=O)C(C)N1CCOC1=O. The van der Waals surface area contributed by atoms with Gasteiger partial charge in [0.2, 0.25) is 0 Å². The fourth-order valence-corrected chi connectivity index (χ4v) is 1.23. The summed E-state index contributed by atoms with van der Waals surface area (Å²) < 4.78 is 4.72. The number of carbonyl (C=O) groups excluding carboxylic acids is 2. The van der Waals surface area contributed by atoms with Gasteiger partial charge in [-0.25, -0.2) is 4.79 Å². The molecule has 1 atom stereocenters. The van der Waals surface area contributed by atoms with E-state index in [1.807, 2.05) is 0 Å². The van der Waals surface area contributed by atoms with E-state index in [4.69, 9.17) is 4.74 Å². The van der Waals surface area contributed by atoms with Crippen LogP contribution in [0.25, 0.3) is 0 Å². The van der Waals surface area contributed by atoms with Gasteiger partial charge in [0.1, 0.15) is 6.61 Å². The maximum Gasteiger partial charge on any atom is 0.410 e. The van der Waals surface area contributed by atoms with Crippen LogP contribution in [0.5, 0.6) is 0 Å². The van der Waals surface area contributed by atoms with Crippen molar-refractivity contribution in [1.82, 2.24) is 4.90 Å². The van der Waals surface area contributed by atoms with Crippen LogP contribution in [0.1, 0.15) is 20.3 Å². The second kappa shape index (κ2) is 3.56. The van der Waals surface area contributed by atoms with Crippen molar-refractivity contribution < 1.29 is 14.3 Å². The third-order valence-corrected chi connectivity index (χ3v) is 2.07. The van der Waals surface area contributed by atoms with Crippen LogP contribution in [0.3, 0.4) is 0 Å². The number of carbonyl (C=O) groups is 2. The van der Waals surface area contributed by atoms with Crippen molar-refractivity contribution in [3.05, 3.63) is 0 Å². The summed E-state index contributed by atoms with van der Waals surface area (Å²) in [5.74, 6) is 0.0776. The van der Waals surface area contributed by atoms with Crippen molar-refractivity contribution >= 4 is 11.9 Å². The van der Waals surface area contributed by atoms with Crippen molar-refractivity contribution in [2.75, 3.05) is 13.2 Å². The average Bonchev–Trinajstić information content (AvgIpc) is 2.48. The lowest BCUT2D eigenvalue weighted by Crippen LogP contribution is -2.39. The Labute approximate surface area is 71.5 Å². The first-order valence-electron chi connectivity index (χ1n) is 4.13. The quantitative estimate of drug-likeness (QED) is 0.631. The molecule has 0 aromatic heterocycles. The van der Waals surface area contributed by atoms with Gasteiger partial charge in [0.25, 0.3) is 0 Å². The summed E-state index contributed by atoms with van der Waals surface area (Å²) in [5, 5.41) is 0. The predicted octanol–water partition coefficient (Wildman–Crippen LogP) is 0.806. The zero-order valence-electron chi connectivity index (χ0n) is 7.37. The van der Waals surface area contributed by atoms with E-state index >= 15 is 0 Å². The average molecular weight is 171 g/mol. The topological polar surface area (TPSA) is 46.6 Å². The maximum absolute atomic E-state index is 11.2. The van der Waals surface area contributed by atoms with E-state index in [0.29, 0.717) is 19.6 Å². The third kappa shape index (κ3) is 1.57. The zero-order chi connectivity index (χ0) is 9.14. The van der Waals surface area contributed by atoms with Crippen LogP contribution in [-0.4, -0.2) is 36.0 Å². The number of amides is 1. The van der Waals surface area contributed by atoms with E-state index in [-0.39, 0.29) is 17.9 Å². The van der Waals surface area contributed by atoms with Crippen LogP contribution in [0.2, 0.25) is 0 Å². The van der Waals surface area contributed by atoms with Gasteiger partial charge >= 0.3 is 6.09 Å². The summed E-state index contributed by atoms with van der Waals surface area (Å²) in [6.07, 6.45) is 0.0922. The Kier molecular flexibility index (Phi) is 2.68. The fraction of sp³-hybridized carbons (Fsp3) is 0.750. The number of ketones is 1. The molecule has 4 heteroatoms. The molecule has 68 valence electrons. The van der Waals surface area contributed by atoms with Crippen molar-refractivity contribution in [2.45, 2.75) is 26.3 Å². The van der Waals surface area contributed by atoms with Crippen LogP contribution in [0, 0.1) is 0 Å². The van der Waals surface area contributed by atoms with Crippen molar-refractivity contribution in [3.63, 3.8) is 0 Å². The summed E-state index contributed by atoms with van der Waals surface area (Å²) >= 11 is 0. The normalized spacial score (nSPS) is 19.2. The van der Waals surface area contributed by atoms with Gasteiger partial charge in [-0.15, -0.1) is 0 Å². The summed E-state index contributed by atoms with van der Waals surface area (Å²) in [6, 6.07) is -0.329. The Morgan fingerprint density at radius 3 is 2.83 bits per heavy atom. The molecule has 0 N–H and O–H groups in total. The van der Waals surface area contributed by atoms with Gasteiger partial charge in [0, 0.05) is 6.42 Å². The first kappa shape index (κ1) is 9.03. The molecule has 4 nitrogen and oxygen atoms in total. The highest BCUT2D eigenvalue weighted by Crippen LogP contribution is 2.10. The number of hydrogen-bond donors (Lipinski definition) is 0. The van der Waals surface area contributed by atoms with Crippen LogP contribution in [0.4, 0.5) is 4.79 Å². The minimum Gasteiger partial charge on any atom is -0.448 e. The Morgan fingerprint density at radius 2 is 2.42 bits per heavy atom. The van der Waals surface area contributed by atoms with Gasteiger partial charge < -0.3 is 4.74 Å². The molecular formula is C8H13NO3. The zero-order valence-corrected chi connectivity index (χ0v) is 7.37. The molecule has 1 rings (SSSR count). The molecule has 0 aromatic carbocycles. The summed E-state index contributed by atoms with van der Waals surface area (Å²) in [4.78, 5) is 23.6. The molecule has 1 saturated heterocycles. The molecule has 0 aliphatic carbocycles. The van der Waals surface area contributed by atoms with E-state index in [1.165, 1.54) is 4.90 Å².